The average Bonchev–Trinajstić information content (AvgIpc) is 3.40. The molecule has 9 heteroatoms. The number of sulfonamides is 1. The Hall–Kier alpha value is -3.82. The molecule has 3 N–H and O–H groups in total. The van der Waals surface area contributed by atoms with Gasteiger partial charge in [0, 0.05) is 56.0 Å². The molecular weight excluding hydrogens is 536 g/mol. The Balaban J connectivity index is 1.23. The highest BCUT2D eigenvalue weighted by Gasteiger charge is 2.30. The van der Waals surface area contributed by atoms with Crippen molar-refractivity contribution < 1.29 is 17.9 Å². The molecule has 1 aliphatic rings. The van der Waals surface area contributed by atoms with Crippen LogP contribution < -0.4 is 15.4 Å². The number of nitrogens with one attached hydrogen (secondary N) is 1. The van der Waals surface area contributed by atoms with Crippen molar-refractivity contribution in [2.24, 2.45) is 5.73 Å². The van der Waals surface area contributed by atoms with Crippen LogP contribution in [-0.2, 0) is 21.2 Å². The molecule has 8 nitrogen and oxygen atoms in total. The van der Waals surface area contributed by atoms with Gasteiger partial charge in [-0.15, -0.1) is 0 Å². The van der Waals surface area contributed by atoms with Crippen molar-refractivity contribution in [3.63, 3.8) is 0 Å². The SMILES string of the molecule is CN(C)c1cccc(OCCCS(=O)(=O)N2CCC(c3c[nH]c4c(CC(N)=O)cc(-c5ccccc5)cc34)CC2)c1. The molecule has 0 bridgehead atoms. The quantitative estimate of drug-likeness (QED) is 0.248. The minimum Gasteiger partial charge on any atom is -0.493 e. The molecule has 0 radical (unpaired) electrons. The van der Waals surface area contributed by atoms with E-state index < -0.39 is 10.0 Å². The Bertz CT molecular complexity index is 1610. The summed E-state index contributed by atoms with van der Waals surface area (Å²) >= 11 is 0. The molecule has 216 valence electrons. The predicted molar refractivity (Wildman–Crippen MR) is 165 cm³/mol. The second kappa shape index (κ2) is 12.4. The van der Waals surface area contributed by atoms with Crippen molar-refractivity contribution in [1.82, 2.24) is 9.29 Å². The molecular formula is C32H38N4O4S. The number of primary amides is 1. The number of aromatic nitrogens is 1. The first-order chi connectivity index (χ1) is 19.7. The number of aromatic amines is 1. The molecule has 0 atom stereocenters. The fourth-order valence-electron chi connectivity index (χ4n) is 5.65. The van der Waals surface area contributed by atoms with Crippen LogP contribution in [0.25, 0.3) is 22.0 Å². The van der Waals surface area contributed by atoms with Crippen LogP contribution in [0.3, 0.4) is 0 Å². The fraction of sp³-hybridized carbons (Fsp3) is 0.344. The monoisotopic (exact) mass is 574 g/mol. The van der Waals surface area contributed by atoms with E-state index >= 15 is 0 Å². The number of nitrogens with zero attached hydrogens (tertiary/aromatic N) is 2. The molecule has 0 unspecified atom stereocenters. The summed E-state index contributed by atoms with van der Waals surface area (Å²) in [6.45, 7) is 1.31. The number of carbonyl (C=O) groups is 1. The van der Waals surface area contributed by atoms with Crippen LogP contribution in [0.5, 0.6) is 5.75 Å². The number of piperidine rings is 1. The van der Waals surface area contributed by atoms with Crippen molar-refractivity contribution in [2.45, 2.75) is 31.6 Å². The van der Waals surface area contributed by atoms with Gasteiger partial charge in [0.1, 0.15) is 5.75 Å². The van der Waals surface area contributed by atoms with Gasteiger partial charge in [-0.2, -0.15) is 0 Å². The summed E-state index contributed by atoms with van der Waals surface area (Å²) in [6.07, 6.45) is 4.07. The summed E-state index contributed by atoms with van der Waals surface area (Å²) in [5.74, 6) is 0.644. The number of rotatable bonds is 11. The molecule has 2 heterocycles. The van der Waals surface area contributed by atoms with Crippen molar-refractivity contribution >= 4 is 32.5 Å². The Morgan fingerprint density at radius 2 is 1.78 bits per heavy atom. The standard InChI is InChI=1S/C32H38N4O4S/c1-35(2)27-10-6-11-28(21-27)40-16-7-17-41(38,39)36-14-12-24(13-15-36)30-22-34-32-26(20-31(33)37)18-25(19-29(30)32)23-8-4-3-5-9-23/h3-6,8-11,18-19,21-22,24,34H,7,12-17,20H2,1-2H3,(H2,33,37). The highest BCUT2D eigenvalue weighted by molar-refractivity contribution is 7.89. The molecule has 41 heavy (non-hydrogen) atoms. The van der Waals surface area contributed by atoms with E-state index in [9.17, 15) is 13.2 Å². The van der Waals surface area contributed by atoms with Gasteiger partial charge < -0.3 is 20.4 Å². The van der Waals surface area contributed by atoms with Gasteiger partial charge in [0.25, 0.3) is 0 Å². The van der Waals surface area contributed by atoms with E-state index in [0.717, 1.165) is 57.4 Å². The second-order valence-corrected chi connectivity index (χ2v) is 13.0. The van der Waals surface area contributed by atoms with E-state index in [1.54, 1.807) is 4.31 Å². The van der Waals surface area contributed by atoms with E-state index in [1.807, 2.05) is 73.7 Å². The van der Waals surface area contributed by atoms with Gasteiger partial charge >= 0.3 is 0 Å². The molecule has 0 saturated carbocycles. The molecule has 1 aromatic heterocycles. The third kappa shape index (κ3) is 6.74. The Kier molecular flexibility index (Phi) is 8.65. The van der Waals surface area contributed by atoms with Crippen LogP contribution >= 0.6 is 0 Å². The maximum absolute atomic E-state index is 13.1. The molecule has 3 aromatic carbocycles. The van der Waals surface area contributed by atoms with Gasteiger partial charge in [-0.25, -0.2) is 12.7 Å². The fourth-order valence-corrected chi connectivity index (χ4v) is 7.16. The van der Waals surface area contributed by atoms with Gasteiger partial charge in [0.15, 0.2) is 0 Å². The first kappa shape index (κ1) is 28.7. The number of ether oxygens (including phenoxy) is 1. The third-order valence-electron chi connectivity index (χ3n) is 7.81. The lowest BCUT2D eigenvalue weighted by Crippen LogP contribution is -2.39. The maximum Gasteiger partial charge on any atom is 0.221 e. The minimum atomic E-state index is -3.37. The van der Waals surface area contributed by atoms with Gasteiger partial charge in [-0.3, -0.25) is 4.79 Å². The number of hydrogen-bond donors (Lipinski definition) is 2. The van der Waals surface area contributed by atoms with E-state index in [-0.39, 0.29) is 24.0 Å². The second-order valence-electron chi connectivity index (χ2n) is 10.9. The number of nitrogens with two attached hydrogens (primary N) is 1. The van der Waals surface area contributed by atoms with Gasteiger partial charge in [0.2, 0.25) is 15.9 Å². The van der Waals surface area contributed by atoms with Crippen LogP contribution in [-0.4, -0.2) is 63.2 Å². The zero-order chi connectivity index (χ0) is 29.0. The summed E-state index contributed by atoms with van der Waals surface area (Å²) < 4.78 is 33.7. The first-order valence-electron chi connectivity index (χ1n) is 14.1. The number of amides is 1. The predicted octanol–water partition coefficient (Wildman–Crippen LogP) is 4.91. The molecule has 1 saturated heterocycles. The van der Waals surface area contributed by atoms with Gasteiger partial charge in [-0.05, 0) is 71.7 Å². The zero-order valence-electron chi connectivity index (χ0n) is 23.7. The number of carbonyl (C=O) groups excluding carboxylic acids is 1. The number of anilines is 1. The summed E-state index contributed by atoms with van der Waals surface area (Å²) in [5.41, 5.74) is 11.7. The molecule has 4 aromatic rings. The lowest BCUT2D eigenvalue weighted by atomic mass is 9.88. The van der Waals surface area contributed by atoms with Crippen LogP contribution in [0.1, 0.15) is 36.3 Å². The lowest BCUT2D eigenvalue weighted by Gasteiger charge is -2.31. The van der Waals surface area contributed by atoms with E-state index in [1.165, 1.54) is 0 Å². The number of H-pyrrole nitrogens is 1. The molecule has 1 amide bonds. The van der Waals surface area contributed by atoms with Crippen molar-refractivity contribution in [1.29, 1.82) is 0 Å². The van der Waals surface area contributed by atoms with Crippen LogP contribution in [0, 0.1) is 0 Å². The molecule has 1 fully saturated rings. The highest BCUT2D eigenvalue weighted by atomic mass is 32.2. The average molecular weight is 575 g/mol. The number of hydrogen-bond acceptors (Lipinski definition) is 5. The largest absolute Gasteiger partial charge is 0.493 e. The number of fused-ring (bicyclic) bond motifs is 1. The van der Waals surface area contributed by atoms with Gasteiger partial charge in [-0.1, -0.05) is 36.4 Å². The summed E-state index contributed by atoms with van der Waals surface area (Å²) in [6, 6.07) is 22.0. The summed E-state index contributed by atoms with van der Waals surface area (Å²) in [7, 11) is 0.567. The van der Waals surface area contributed by atoms with Crippen LogP contribution in [0.15, 0.2) is 72.9 Å². The molecule has 0 aliphatic carbocycles. The Labute approximate surface area is 242 Å². The van der Waals surface area contributed by atoms with Gasteiger partial charge in [0.05, 0.1) is 18.8 Å². The topological polar surface area (TPSA) is 109 Å². The van der Waals surface area contributed by atoms with E-state index in [2.05, 4.69) is 23.2 Å². The lowest BCUT2D eigenvalue weighted by molar-refractivity contribution is -0.117. The number of benzene rings is 3. The smallest absolute Gasteiger partial charge is 0.221 e. The summed E-state index contributed by atoms with van der Waals surface area (Å²) in [4.78, 5) is 17.2. The Morgan fingerprint density at radius 3 is 2.49 bits per heavy atom. The Morgan fingerprint density at radius 1 is 1.02 bits per heavy atom. The third-order valence-corrected chi connectivity index (χ3v) is 9.77. The highest BCUT2D eigenvalue weighted by Crippen LogP contribution is 2.37. The van der Waals surface area contributed by atoms with Crippen molar-refractivity contribution in [3.8, 4) is 16.9 Å². The van der Waals surface area contributed by atoms with E-state index in [0.29, 0.717) is 26.1 Å². The summed E-state index contributed by atoms with van der Waals surface area (Å²) in [5, 5.41) is 1.07. The maximum atomic E-state index is 13.1. The van der Waals surface area contributed by atoms with E-state index in [4.69, 9.17) is 10.5 Å². The van der Waals surface area contributed by atoms with Crippen LogP contribution in [0.2, 0.25) is 0 Å². The van der Waals surface area contributed by atoms with Crippen molar-refractivity contribution in [3.05, 3.63) is 84.1 Å². The van der Waals surface area contributed by atoms with Crippen molar-refractivity contribution in [2.75, 3.05) is 44.4 Å². The molecule has 5 rings (SSSR count). The molecule has 0 spiro atoms. The first-order valence-corrected chi connectivity index (χ1v) is 15.7. The van der Waals surface area contributed by atoms with Crippen LogP contribution in [0.4, 0.5) is 5.69 Å². The molecule has 1 aliphatic heterocycles. The normalized spacial score (nSPS) is 14.8. The minimum absolute atomic E-state index is 0.0645. The zero-order valence-corrected chi connectivity index (χ0v) is 24.5.